The lowest BCUT2D eigenvalue weighted by molar-refractivity contribution is 1.06. The molecule has 0 fully saturated rings. The van der Waals surface area contributed by atoms with Gasteiger partial charge in [0.15, 0.2) is 17.5 Å². The van der Waals surface area contributed by atoms with E-state index < -0.39 is 0 Å². The summed E-state index contributed by atoms with van der Waals surface area (Å²) in [4.78, 5) is 22.8. The molecule has 0 saturated carbocycles. The molecule has 1 aliphatic heterocycles. The molecule has 5 nitrogen and oxygen atoms in total. The standard InChI is InChI=1S/C19H10ClN5/c20-12-7-5-11(6-8-12)17-23-18-15-13(3-1-9-21-15)14-4-2-10-22-16(14)19(24-17)25-18/h1-10H. The summed E-state index contributed by atoms with van der Waals surface area (Å²) in [6.45, 7) is 0. The Morgan fingerprint density at radius 2 is 1.12 bits per heavy atom. The summed E-state index contributed by atoms with van der Waals surface area (Å²) < 4.78 is 0. The Bertz CT molecular complexity index is 1050. The number of benzene rings is 1. The van der Waals surface area contributed by atoms with E-state index in [1.807, 2.05) is 48.5 Å². The molecular weight excluding hydrogens is 334 g/mol. The van der Waals surface area contributed by atoms with Crippen molar-refractivity contribution >= 4 is 11.6 Å². The van der Waals surface area contributed by atoms with E-state index in [4.69, 9.17) is 11.6 Å². The van der Waals surface area contributed by atoms with E-state index in [0.29, 0.717) is 22.5 Å². The van der Waals surface area contributed by atoms with E-state index in [1.54, 1.807) is 12.4 Å². The Hall–Kier alpha value is -3.18. The Morgan fingerprint density at radius 1 is 0.600 bits per heavy atom. The maximum Gasteiger partial charge on any atom is 0.183 e. The second kappa shape index (κ2) is 5.43. The highest BCUT2D eigenvalue weighted by atomic mass is 35.5. The molecule has 118 valence electrons. The van der Waals surface area contributed by atoms with Crippen molar-refractivity contribution < 1.29 is 0 Å². The predicted octanol–water partition coefficient (Wildman–Crippen LogP) is 4.30. The lowest BCUT2D eigenvalue weighted by Gasteiger charge is -2.05. The largest absolute Gasteiger partial charge is 0.252 e. The van der Waals surface area contributed by atoms with E-state index in [0.717, 1.165) is 28.1 Å². The van der Waals surface area contributed by atoms with Crippen molar-refractivity contribution in [1.29, 1.82) is 0 Å². The van der Waals surface area contributed by atoms with Gasteiger partial charge in [-0.25, -0.2) is 15.0 Å². The van der Waals surface area contributed by atoms with Crippen LogP contribution in [0.4, 0.5) is 0 Å². The molecule has 4 aromatic rings. The van der Waals surface area contributed by atoms with Crippen LogP contribution in [0.25, 0.3) is 45.6 Å². The van der Waals surface area contributed by atoms with Crippen LogP contribution in [0.5, 0.6) is 0 Å². The minimum Gasteiger partial charge on any atom is -0.252 e. The SMILES string of the molecule is Clc1ccc(-c2nc3nc(n2)-c2ncccc2-c2cccnc2-3)cc1. The van der Waals surface area contributed by atoms with E-state index in [2.05, 4.69) is 24.9 Å². The average molecular weight is 344 g/mol. The summed E-state index contributed by atoms with van der Waals surface area (Å²) in [7, 11) is 0. The molecule has 3 aromatic heterocycles. The van der Waals surface area contributed by atoms with Gasteiger partial charge in [-0.15, -0.1) is 0 Å². The van der Waals surface area contributed by atoms with Gasteiger partial charge in [0.25, 0.3) is 0 Å². The zero-order valence-corrected chi connectivity index (χ0v) is 13.6. The summed E-state index contributed by atoms with van der Waals surface area (Å²) in [6, 6.07) is 15.2. The molecule has 0 radical (unpaired) electrons. The lowest BCUT2D eigenvalue weighted by Crippen LogP contribution is -1.99. The van der Waals surface area contributed by atoms with Crippen LogP contribution in [0.3, 0.4) is 0 Å². The van der Waals surface area contributed by atoms with Gasteiger partial charge in [-0.3, -0.25) is 9.97 Å². The number of hydrogen-bond acceptors (Lipinski definition) is 5. The number of fused-ring (bicyclic) bond motifs is 7. The molecule has 0 atom stereocenters. The van der Waals surface area contributed by atoms with Crippen molar-refractivity contribution in [3.63, 3.8) is 0 Å². The molecule has 1 aliphatic rings. The van der Waals surface area contributed by atoms with Crippen LogP contribution < -0.4 is 0 Å². The molecular formula is C19H10ClN5. The second-order valence-electron chi connectivity index (χ2n) is 5.61. The summed E-state index contributed by atoms with van der Waals surface area (Å²) in [5.41, 5.74) is 4.23. The number of rotatable bonds is 1. The molecule has 5 rings (SSSR count). The molecule has 1 aromatic carbocycles. The van der Waals surface area contributed by atoms with Crippen LogP contribution >= 0.6 is 11.6 Å². The van der Waals surface area contributed by atoms with Crippen LogP contribution in [-0.4, -0.2) is 24.9 Å². The summed E-state index contributed by atoms with van der Waals surface area (Å²) in [5, 5.41) is 0.668. The molecule has 2 bridgehead atoms. The van der Waals surface area contributed by atoms with Crippen LogP contribution in [0, 0.1) is 0 Å². The van der Waals surface area contributed by atoms with Crippen LogP contribution in [0.2, 0.25) is 5.02 Å². The first-order valence-corrected chi connectivity index (χ1v) is 8.10. The molecule has 0 spiro atoms. The normalized spacial score (nSPS) is 11.4. The zero-order chi connectivity index (χ0) is 16.8. The average Bonchev–Trinajstić information content (AvgIpc) is 2.76. The minimum atomic E-state index is 0.545. The quantitative estimate of drug-likeness (QED) is 0.454. The third-order valence-electron chi connectivity index (χ3n) is 4.07. The molecule has 0 aliphatic carbocycles. The molecule has 4 heterocycles. The zero-order valence-electron chi connectivity index (χ0n) is 12.9. The monoisotopic (exact) mass is 343 g/mol. The summed E-state index contributed by atoms with van der Waals surface area (Å²) in [5.74, 6) is 1.67. The Labute approximate surface area is 148 Å². The molecule has 0 amide bonds. The van der Waals surface area contributed by atoms with Gasteiger partial charge in [0, 0.05) is 34.1 Å². The smallest absolute Gasteiger partial charge is 0.183 e. The van der Waals surface area contributed by atoms with E-state index in [1.165, 1.54) is 0 Å². The molecule has 0 N–H and O–H groups in total. The summed E-state index contributed by atoms with van der Waals surface area (Å²) >= 11 is 5.99. The highest BCUT2D eigenvalue weighted by Gasteiger charge is 2.23. The van der Waals surface area contributed by atoms with Gasteiger partial charge in [-0.2, -0.15) is 0 Å². The van der Waals surface area contributed by atoms with Gasteiger partial charge in [0.1, 0.15) is 11.4 Å². The fourth-order valence-corrected chi connectivity index (χ4v) is 3.04. The van der Waals surface area contributed by atoms with E-state index in [9.17, 15) is 0 Å². The molecule has 0 unspecified atom stereocenters. The number of pyridine rings is 2. The van der Waals surface area contributed by atoms with E-state index >= 15 is 0 Å². The minimum absolute atomic E-state index is 0.545. The van der Waals surface area contributed by atoms with Crippen LogP contribution in [0.15, 0.2) is 60.9 Å². The van der Waals surface area contributed by atoms with Crippen molar-refractivity contribution in [3.8, 4) is 45.6 Å². The first-order valence-electron chi connectivity index (χ1n) is 7.73. The van der Waals surface area contributed by atoms with Gasteiger partial charge in [-0.05, 0) is 36.4 Å². The second-order valence-corrected chi connectivity index (χ2v) is 6.05. The Morgan fingerprint density at radius 3 is 1.68 bits per heavy atom. The van der Waals surface area contributed by atoms with Gasteiger partial charge in [0.2, 0.25) is 0 Å². The van der Waals surface area contributed by atoms with Gasteiger partial charge < -0.3 is 0 Å². The number of halogens is 1. The van der Waals surface area contributed by atoms with Gasteiger partial charge >= 0.3 is 0 Å². The highest BCUT2D eigenvalue weighted by molar-refractivity contribution is 6.30. The maximum absolute atomic E-state index is 5.99. The lowest BCUT2D eigenvalue weighted by atomic mass is 10.0. The van der Waals surface area contributed by atoms with Crippen LogP contribution in [0.1, 0.15) is 0 Å². The number of nitrogens with zero attached hydrogens (tertiary/aromatic N) is 5. The highest BCUT2D eigenvalue weighted by Crippen LogP contribution is 2.37. The molecule has 6 heteroatoms. The molecule has 0 saturated heterocycles. The van der Waals surface area contributed by atoms with Crippen LogP contribution in [-0.2, 0) is 0 Å². The van der Waals surface area contributed by atoms with Crippen molar-refractivity contribution in [2.75, 3.05) is 0 Å². The third kappa shape index (κ3) is 2.28. The first kappa shape index (κ1) is 14.2. The first-order chi connectivity index (χ1) is 12.3. The van der Waals surface area contributed by atoms with Crippen molar-refractivity contribution in [2.45, 2.75) is 0 Å². The maximum atomic E-state index is 5.99. The van der Waals surface area contributed by atoms with Gasteiger partial charge in [0.05, 0.1) is 0 Å². The fraction of sp³-hybridized carbons (Fsp3) is 0. The topological polar surface area (TPSA) is 64.5 Å². The Balaban J connectivity index is 1.84. The van der Waals surface area contributed by atoms with Crippen molar-refractivity contribution in [1.82, 2.24) is 24.9 Å². The summed E-state index contributed by atoms with van der Waals surface area (Å²) in [6.07, 6.45) is 3.48. The molecule has 25 heavy (non-hydrogen) atoms. The predicted molar refractivity (Wildman–Crippen MR) is 95.7 cm³/mol. The third-order valence-corrected chi connectivity index (χ3v) is 4.32. The van der Waals surface area contributed by atoms with Crippen molar-refractivity contribution in [2.24, 2.45) is 0 Å². The fourth-order valence-electron chi connectivity index (χ4n) is 2.92. The van der Waals surface area contributed by atoms with Crippen molar-refractivity contribution in [3.05, 3.63) is 65.9 Å². The van der Waals surface area contributed by atoms with Gasteiger partial charge in [-0.1, -0.05) is 23.7 Å². The number of hydrogen-bond donors (Lipinski definition) is 0. The Kier molecular flexibility index (Phi) is 3.08. The number of aromatic nitrogens is 5. The van der Waals surface area contributed by atoms with E-state index in [-0.39, 0.29) is 0 Å².